The number of rotatable bonds is 5. The monoisotopic (exact) mass is 363 g/mol. The van der Waals surface area contributed by atoms with E-state index in [0.29, 0.717) is 38.2 Å². The van der Waals surface area contributed by atoms with Crippen molar-refractivity contribution in [1.82, 2.24) is 9.80 Å². The van der Waals surface area contributed by atoms with Gasteiger partial charge in [0.1, 0.15) is 6.10 Å². The largest absolute Gasteiger partial charge is 0.487 e. The number of para-hydroxylation sites is 1. The topological polar surface area (TPSA) is 75.9 Å². The Kier molecular flexibility index (Phi) is 6.08. The Morgan fingerprint density at radius 1 is 1.08 bits per heavy atom. The first-order chi connectivity index (χ1) is 12.5. The van der Waals surface area contributed by atoms with Gasteiger partial charge in [0.25, 0.3) is 0 Å². The number of hydrogen-bond donors (Lipinski definition) is 1. The second-order valence-electron chi connectivity index (χ2n) is 7.08. The first-order valence-electron chi connectivity index (χ1n) is 9.23. The van der Waals surface area contributed by atoms with Gasteiger partial charge < -0.3 is 15.4 Å². The molecule has 2 N–H and O–H groups in total. The van der Waals surface area contributed by atoms with Crippen LogP contribution in [0, 0.1) is 11.7 Å². The highest BCUT2D eigenvalue weighted by Gasteiger charge is 2.28. The van der Waals surface area contributed by atoms with Crippen molar-refractivity contribution >= 4 is 11.8 Å². The molecule has 2 fully saturated rings. The van der Waals surface area contributed by atoms with Crippen LogP contribution in [0.2, 0.25) is 0 Å². The minimum absolute atomic E-state index is 0.0236. The van der Waals surface area contributed by atoms with E-state index < -0.39 is 0 Å². The number of carbonyl (C=O) groups excluding carboxylic acids is 2. The van der Waals surface area contributed by atoms with Crippen LogP contribution in [0.4, 0.5) is 4.39 Å². The molecule has 1 aromatic carbocycles. The van der Waals surface area contributed by atoms with Gasteiger partial charge >= 0.3 is 0 Å². The van der Waals surface area contributed by atoms with Crippen molar-refractivity contribution in [1.29, 1.82) is 0 Å². The first-order valence-corrected chi connectivity index (χ1v) is 9.23. The maximum atomic E-state index is 13.7. The highest BCUT2D eigenvalue weighted by molar-refractivity contribution is 5.80. The Hall–Kier alpha value is -2.15. The number of likely N-dealkylation sites (tertiary alicyclic amines) is 2. The van der Waals surface area contributed by atoms with Gasteiger partial charge in [0.15, 0.2) is 11.6 Å². The maximum Gasteiger partial charge on any atom is 0.236 e. The van der Waals surface area contributed by atoms with E-state index in [4.69, 9.17) is 10.5 Å². The number of halogens is 1. The Bertz CT molecular complexity index is 639. The SMILES string of the molecule is NC(=O)C1CCN(C(=O)CN2CCC(Oc3ccccc3F)CC2)CC1. The number of benzene rings is 1. The predicted molar refractivity (Wildman–Crippen MR) is 95.0 cm³/mol. The molecule has 26 heavy (non-hydrogen) atoms. The standard InChI is InChI=1S/C19H26FN3O3/c20-16-3-1-2-4-17(16)26-15-7-9-22(10-8-15)13-18(24)23-11-5-14(6-12-23)19(21)25/h1-4,14-15H,5-13H2,(H2,21,25). The fraction of sp³-hybridized carbons (Fsp3) is 0.579. The summed E-state index contributed by atoms with van der Waals surface area (Å²) in [4.78, 5) is 27.6. The highest BCUT2D eigenvalue weighted by atomic mass is 19.1. The molecule has 0 spiro atoms. The van der Waals surface area contributed by atoms with E-state index in [0.717, 1.165) is 25.9 Å². The van der Waals surface area contributed by atoms with Crippen molar-refractivity contribution in [2.45, 2.75) is 31.8 Å². The van der Waals surface area contributed by atoms with Crippen LogP contribution >= 0.6 is 0 Å². The molecular formula is C19H26FN3O3. The summed E-state index contributed by atoms with van der Waals surface area (Å²) in [6.07, 6.45) is 2.82. The summed E-state index contributed by atoms with van der Waals surface area (Å²) < 4.78 is 19.4. The van der Waals surface area contributed by atoms with Crippen molar-refractivity contribution in [2.75, 3.05) is 32.7 Å². The van der Waals surface area contributed by atoms with Crippen LogP contribution in [0.3, 0.4) is 0 Å². The summed E-state index contributed by atoms with van der Waals surface area (Å²) in [5, 5.41) is 0. The van der Waals surface area contributed by atoms with Crippen molar-refractivity contribution in [3.63, 3.8) is 0 Å². The lowest BCUT2D eigenvalue weighted by molar-refractivity contribution is -0.136. The summed E-state index contributed by atoms with van der Waals surface area (Å²) in [6.45, 7) is 3.08. The number of piperidine rings is 2. The zero-order valence-electron chi connectivity index (χ0n) is 14.9. The summed E-state index contributed by atoms with van der Waals surface area (Å²) in [6, 6.07) is 6.43. The Morgan fingerprint density at radius 2 is 1.73 bits per heavy atom. The molecule has 2 aliphatic heterocycles. The van der Waals surface area contributed by atoms with Crippen molar-refractivity contribution < 1.29 is 18.7 Å². The van der Waals surface area contributed by atoms with E-state index >= 15 is 0 Å². The van der Waals surface area contributed by atoms with Gasteiger partial charge in [-0.05, 0) is 37.8 Å². The highest BCUT2D eigenvalue weighted by Crippen LogP contribution is 2.22. The third-order valence-corrected chi connectivity index (χ3v) is 5.27. The zero-order chi connectivity index (χ0) is 18.5. The predicted octanol–water partition coefficient (Wildman–Crippen LogP) is 1.39. The van der Waals surface area contributed by atoms with E-state index in [1.165, 1.54) is 6.07 Å². The van der Waals surface area contributed by atoms with Gasteiger partial charge in [0, 0.05) is 32.1 Å². The molecule has 6 nitrogen and oxygen atoms in total. The molecular weight excluding hydrogens is 337 g/mol. The minimum atomic E-state index is -0.343. The molecule has 0 aromatic heterocycles. The van der Waals surface area contributed by atoms with Gasteiger partial charge in [-0.3, -0.25) is 14.5 Å². The molecule has 3 rings (SSSR count). The fourth-order valence-electron chi connectivity index (χ4n) is 3.61. The molecule has 0 atom stereocenters. The fourth-order valence-corrected chi connectivity index (χ4v) is 3.61. The maximum absolute atomic E-state index is 13.7. The molecule has 0 saturated carbocycles. The van der Waals surface area contributed by atoms with Gasteiger partial charge in [0.05, 0.1) is 6.54 Å². The minimum Gasteiger partial charge on any atom is -0.487 e. The molecule has 2 saturated heterocycles. The second-order valence-corrected chi connectivity index (χ2v) is 7.08. The zero-order valence-corrected chi connectivity index (χ0v) is 14.9. The Labute approximate surface area is 153 Å². The summed E-state index contributed by atoms with van der Waals surface area (Å²) in [5.74, 6) is -0.329. The summed E-state index contributed by atoms with van der Waals surface area (Å²) in [7, 11) is 0. The van der Waals surface area contributed by atoms with Crippen LogP contribution in [-0.4, -0.2) is 60.4 Å². The lowest BCUT2D eigenvalue weighted by atomic mass is 9.96. The van der Waals surface area contributed by atoms with Crippen molar-refractivity contribution in [3.8, 4) is 5.75 Å². The molecule has 2 aliphatic rings. The molecule has 2 heterocycles. The van der Waals surface area contributed by atoms with Gasteiger partial charge in [-0.25, -0.2) is 4.39 Å². The van der Waals surface area contributed by atoms with Crippen LogP contribution in [-0.2, 0) is 9.59 Å². The number of primary amides is 1. The van der Waals surface area contributed by atoms with Crippen molar-refractivity contribution in [3.05, 3.63) is 30.1 Å². The smallest absolute Gasteiger partial charge is 0.236 e. The van der Waals surface area contributed by atoms with E-state index in [9.17, 15) is 14.0 Å². The Balaban J connectivity index is 1.41. The van der Waals surface area contributed by atoms with Gasteiger partial charge in [0.2, 0.25) is 11.8 Å². The van der Waals surface area contributed by atoms with E-state index in [1.54, 1.807) is 18.2 Å². The number of nitrogens with zero attached hydrogens (tertiary/aromatic N) is 2. The normalized spacial score (nSPS) is 20.1. The van der Waals surface area contributed by atoms with E-state index in [2.05, 4.69) is 4.90 Å². The molecule has 0 radical (unpaired) electrons. The molecule has 2 amide bonds. The molecule has 0 aliphatic carbocycles. The number of nitrogens with two attached hydrogens (primary N) is 1. The summed E-state index contributed by atoms with van der Waals surface area (Å²) >= 11 is 0. The number of ether oxygens (including phenoxy) is 1. The lowest BCUT2D eigenvalue weighted by Crippen LogP contribution is -2.48. The second kappa shape index (κ2) is 8.49. The van der Waals surface area contributed by atoms with Crippen LogP contribution in [0.15, 0.2) is 24.3 Å². The Morgan fingerprint density at radius 3 is 2.35 bits per heavy atom. The van der Waals surface area contributed by atoms with Crippen LogP contribution in [0.25, 0.3) is 0 Å². The average molecular weight is 363 g/mol. The van der Waals surface area contributed by atoms with Gasteiger partial charge in [-0.2, -0.15) is 0 Å². The quantitative estimate of drug-likeness (QED) is 0.858. The number of amides is 2. The third-order valence-electron chi connectivity index (χ3n) is 5.27. The molecule has 0 bridgehead atoms. The number of hydrogen-bond acceptors (Lipinski definition) is 4. The van der Waals surface area contributed by atoms with Crippen LogP contribution < -0.4 is 10.5 Å². The average Bonchev–Trinajstić information content (AvgIpc) is 2.65. The lowest BCUT2D eigenvalue weighted by Gasteiger charge is -2.35. The number of carbonyl (C=O) groups is 2. The van der Waals surface area contributed by atoms with Crippen LogP contribution in [0.5, 0.6) is 5.75 Å². The molecule has 142 valence electrons. The first kappa shape index (κ1) is 18.6. The third kappa shape index (κ3) is 4.72. The van der Waals surface area contributed by atoms with Crippen LogP contribution in [0.1, 0.15) is 25.7 Å². The van der Waals surface area contributed by atoms with E-state index in [-0.39, 0.29) is 29.7 Å². The van der Waals surface area contributed by atoms with E-state index in [1.807, 2.05) is 4.90 Å². The van der Waals surface area contributed by atoms with Gasteiger partial charge in [-0.1, -0.05) is 12.1 Å². The van der Waals surface area contributed by atoms with Crippen molar-refractivity contribution in [2.24, 2.45) is 11.7 Å². The summed E-state index contributed by atoms with van der Waals surface area (Å²) in [5.41, 5.74) is 5.33. The molecule has 7 heteroatoms. The molecule has 0 unspecified atom stereocenters. The van der Waals surface area contributed by atoms with Gasteiger partial charge in [-0.15, -0.1) is 0 Å². The molecule has 1 aromatic rings.